The largest absolute Gasteiger partial charge is 0.390 e. The second kappa shape index (κ2) is 10.7. The summed E-state index contributed by atoms with van der Waals surface area (Å²) < 4.78 is 36.2. The molecule has 23 heavy (non-hydrogen) atoms. The number of carbonyl (C=O) groups is 2. The molecule has 0 aromatic heterocycles. The molecule has 1 saturated heterocycles. The number of carbonyl (C=O) groups excluding carboxylic acids is 2. The molecule has 0 atom stereocenters. The Labute approximate surface area is 150 Å². The number of nitrogens with zero attached hydrogens (tertiary/aromatic N) is 2. The van der Waals surface area contributed by atoms with Gasteiger partial charge in [-0.2, -0.15) is 13.2 Å². The monoisotopic (exact) mass is 450 g/mol. The molecule has 1 aliphatic heterocycles. The van der Waals surface area contributed by atoms with Crippen LogP contribution in [0, 0.1) is 0 Å². The van der Waals surface area contributed by atoms with E-state index in [-0.39, 0.29) is 61.4 Å². The highest BCUT2D eigenvalue weighted by atomic mass is 127. The molecule has 0 saturated carbocycles. The van der Waals surface area contributed by atoms with Crippen LogP contribution >= 0.6 is 24.0 Å². The summed E-state index contributed by atoms with van der Waals surface area (Å²) >= 11 is 0. The first-order chi connectivity index (χ1) is 10.3. The first-order valence-corrected chi connectivity index (χ1v) is 7.25. The SMILES string of the molecule is CCNC(=NCCC(F)(F)F)NCCN1C(=O)CCCC1=O.I. The van der Waals surface area contributed by atoms with Crippen LogP contribution in [0.15, 0.2) is 4.99 Å². The lowest BCUT2D eigenvalue weighted by Crippen LogP contribution is -2.46. The van der Waals surface area contributed by atoms with E-state index in [1.165, 1.54) is 4.90 Å². The van der Waals surface area contributed by atoms with E-state index >= 15 is 0 Å². The number of aliphatic imine (C=N–C) groups is 1. The van der Waals surface area contributed by atoms with Crippen LogP contribution < -0.4 is 10.6 Å². The zero-order valence-electron chi connectivity index (χ0n) is 12.9. The van der Waals surface area contributed by atoms with Gasteiger partial charge in [-0.25, -0.2) is 0 Å². The van der Waals surface area contributed by atoms with Crippen LogP contribution in [0.1, 0.15) is 32.6 Å². The fourth-order valence-electron chi connectivity index (χ4n) is 1.97. The molecule has 0 unspecified atom stereocenters. The van der Waals surface area contributed by atoms with Crippen LogP contribution in [0.25, 0.3) is 0 Å². The molecular weight excluding hydrogens is 428 g/mol. The van der Waals surface area contributed by atoms with Crippen molar-refractivity contribution in [3.05, 3.63) is 0 Å². The van der Waals surface area contributed by atoms with Gasteiger partial charge in [-0.3, -0.25) is 19.5 Å². The Kier molecular flexibility index (Phi) is 10.2. The van der Waals surface area contributed by atoms with Crippen molar-refractivity contribution in [3.8, 4) is 0 Å². The van der Waals surface area contributed by atoms with Crippen LogP contribution in [-0.4, -0.2) is 55.0 Å². The number of nitrogens with one attached hydrogen (secondary N) is 2. The third-order valence-corrected chi connectivity index (χ3v) is 3.02. The summed E-state index contributed by atoms with van der Waals surface area (Å²) in [6, 6.07) is 0. The van der Waals surface area contributed by atoms with Crippen LogP contribution in [0.3, 0.4) is 0 Å². The lowest BCUT2D eigenvalue weighted by molar-refractivity contribution is -0.147. The molecule has 0 aliphatic carbocycles. The molecule has 0 spiro atoms. The molecule has 6 nitrogen and oxygen atoms in total. The zero-order valence-corrected chi connectivity index (χ0v) is 15.2. The average molecular weight is 450 g/mol. The van der Waals surface area contributed by atoms with Crippen molar-refractivity contribution in [1.29, 1.82) is 0 Å². The summed E-state index contributed by atoms with van der Waals surface area (Å²) in [5.41, 5.74) is 0. The maximum absolute atomic E-state index is 12.1. The second-order valence-corrected chi connectivity index (χ2v) is 4.85. The highest BCUT2D eigenvalue weighted by Gasteiger charge is 2.26. The first kappa shape index (κ1) is 21.9. The van der Waals surface area contributed by atoms with E-state index < -0.39 is 12.6 Å². The minimum atomic E-state index is -4.24. The second-order valence-electron chi connectivity index (χ2n) is 4.85. The molecule has 1 rings (SSSR count). The van der Waals surface area contributed by atoms with Gasteiger partial charge in [0.2, 0.25) is 11.8 Å². The van der Waals surface area contributed by atoms with Crippen molar-refractivity contribution >= 4 is 41.8 Å². The van der Waals surface area contributed by atoms with Crippen molar-refractivity contribution in [2.45, 2.75) is 38.8 Å². The lowest BCUT2D eigenvalue weighted by atomic mass is 10.1. The van der Waals surface area contributed by atoms with Gasteiger partial charge >= 0.3 is 6.18 Å². The molecule has 2 amide bonds. The van der Waals surface area contributed by atoms with Crippen molar-refractivity contribution in [1.82, 2.24) is 15.5 Å². The number of alkyl halides is 3. The number of guanidine groups is 1. The summed E-state index contributed by atoms with van der Waals surface area (Å²) in [6.07, 6.45) is -3.96. The molecule has 0 bridgehead atoms. The summed E-state index contributed by atoms with van der Waals surface area (Å²) in [4.78, 5) is 28.2. The molecule has 1 aliphatic rings. The Morgan fingerprint density at radius 3 is 2.35 bits per heavy atom. The number of imide groups is 1. The van der Waals surface area contributed by atoms with Gasteiger partial charge in [0, 0.05) is 32.5 Å². The molecule has 2 N–H and O–H groups in total. The van der Waals surface area contributed by atoms with Crippen LogP contribution in [0.4, 0.5) is 13.2 Å². The molecule has 10 heteroatoms. The standard InChI is InChI=1S/C13H21F3N4O2.HI/c1-2-17-12(18-7-6-13(14,15)16)19-8-9-20-10(21)4-3-5-11(20)22;/h2-9H2,1H3,(H2,17,18,19);1H. The summed E-state index contributed by atoms with van der Waals surface area (Å²) in [5.74, 6) is -0.183. The van der Waals surface area contributed by atoms with E-state index in [1.54, 1.807) is 6.92 Å². The number of hydrogen-bond donors (Lipinski definition) is 2. The van der Waals surface area contributed by atoms with E-state index in [2.05, 4.69) is 15.6 Å². The Bertz CT molecular complexity index is 414. The highest BCUT2D eigenvalue weighted by Crippen LogP contribution is 2.18. The predicted octanol–water partition coefficient (Wildman–Crippen LogP) is 1.65. The number of hydrogen-bond acceptors (Lipinski definition) is 3. The molecule has 0 aromatic carbocycles. The quantitative estimate of drug-likeness (QED) is 0.280. The minimum Gasteiger partial charge on any atom is -0.357 e. The minimum absolute atomic E-state index is 0. The van der Waals surface area contributed by atoms with Gasteiger partial charge in [-0.05, 0) is 13.3 Å². The summed E-state index contributed by atoms with van der Waals surface area (Å²) in [5, 5.41) is 5.63. The summed E-state index contributed by atoms with van der Waals surface area (Å²) in [7, 11) is 0. The van der Waals surface area contributed by atoms with Crippen molar-refractivity contribution in [3.63, 3.8) is 0 Å². The van der Waals surface area contributed by atoms with Crippen LogP contribution in [0.5, 0.6) is 0 Å². The lowest BCUT2D eigenvalue weighted by Gasteiger charge is -2.25. The smallest absolute Gasteiger partial charge is 0.357 e. The first-order valence-electron chi connectivity index (χ1n) is 7.25. The van der Waals surface area contributed by atoms with Gasteiger partial charge < -0.3 is 10.6 Å². The zero-order chi connectivity index (χ0) is 16.6. The molecule has 1 heterocycles. The van der Waals surface area contributed by atoms with Gasteiger partial charge in [0.15, 0.2) is 5.96 Å². The predicted molar refractivity (Wildman–Crippen MR) is 90.6 cm³/mol. The van der Waals surface area contributed by atoms with E-state index in [0.29, 0.717) is 25.8 Å². The number of likely N-dealkylation sites (tertiary alicyclic amines) is 1. The van der Waals surface area contributed by atoms with Crippen molar-refractivity contribution < 1.29 is 22.8 Å². The number of halogens is 4. The van der Waals surface area contributed by atoms with Crippen LogP contribution in [-0.2, 0) is 9.59 Å². The average Bonchev–Trinajstić information content (AvgIpc) is 2.40. The maximum atomic E-state index is 12.1. The third kappa shape index (κ3) is 8.96. The third-order valence-electron chi connectivity index (χ3n) is 3.02. The maximum Gasteiger partial charge on any atom is 0.390 e. The molecule has 0 radical (unpaired) electrons. The Morgan fingerprint density at radius 2 is 1.83 bits per heavy atom. The Hall–Kier alpha value is -1.07. The highest BCUT2D eigenvalue weighted by molar-refractivity contribution is 14.0. The van der Waals surface area contributed by atoms with Gasteiger partial charge in [-0.15, -0.1) is 24.0 Å². The molecular formula is C13H22F3IN4O2. The van der Waals surface area contributed by atoms with E-state index in [4.69, 9.17) is 0 Å². The van der Waals surface area contributed by atoms with Crippen LogP contribution in [0.2, 0.25) is 0 Å². The topological polar surface area (TPSA) is 73.8 Å². The van der Waals surface area contributed by atoms with E-state index in [0.717, 1.165) is 0 Å². The Morgan fingerprint density at radius 1 is 1.22 bits per heavy atom. The fraction of sp³-hybridized carbons (Fsp3) is 0.769. The van der Waals surface area contributed by atoms with E-state index in [1.807, 2.05) is 0 Å². The molecule has 0 aromatic rings. The van der Waals surface area contributed by atoms with Gasteiger partial charge in [0.25, 0.3) is 0 Å². The van der Waals surface area contributed by atoms with Crippen molar-refractivity contribution in [2.75, 3.05) is 26.2 Å². The number of piperidine rings is 1. The van der Waals surface area contributed by atoms with Gasteiger partial charge in [-0.1, -0.05) is 0 Å². The van der Waals surface area contributed by atoms with Gasteiger partial charge in [0.1, 0.15) is 0 Å². The molecule has 134 valence electrons. The van der Waals surface area contributed by atoms with E-state index in [9.17, 15) is 22.8 Å². The molecule has 1 fully saturated rings. The number of rotatable bonds is 6. The van der Waals surface area contributed by atoms with Crippen molar-refractivity contribution in [2.24, 2.45) is 4.99 Å². The fourth-order valence-corrected chi connectivity index (χ4v) is 1.97. The van der Waals surface area contributed by atoms with Gasteiger partial charge in [0.05, 0.1) is 13.0 Å². The Balaban J connectivity index is 0.00000484. The normalized spacial score (nSPS) is 16.2. The number of amides is 2. The summed E-state index contributed by atoms with van der Waals surface area (Å²) in [6.45, 7) is 2.34.